The smallest absolute Gasteiger partial charge is 0.225 e. The summed E-state index contributed by atoms with van der Waals surface area (Å²) in [5.41, 5.74) is 6.54. The van der Waals surface area contributed by atoms with Gasteiger partial charge in [0.05, 0.1) is 26.3 Å². The lowest BCUT2D eigenvalue weighted by Crippen LogP contribution is -2.10. The van der Waals surface area contributed by atoms with E-state index in [0.29, 0.717) is 40.7 Å². The van der Waals surface area contributed by atoms with Crippen LogP contribution < -0.4 is 20.5 Å². The zero-order chi connectivity index (χ0) is 13.8. The fourth-order valence-electron chi connectivity index (χ4n) is 1.73. The largest absolute Gasteiger partial charge is 0.493 e. The second kappa shape index (κ2) is 6.97. The summed E-state index contributed by atoms with van der Waals surface area (Å²) >= 11 is 0. The predicted molar refractivity (Wildman–Crippen MR) is 79.9 cm³/mol. The van der Waals surface area contributed by atoms with E-state index in [9.17, 15) is 0 Å². The summed E-state index contributed by atoms with van der Waals surface area (Å²) in [6, 6.07) is 3.47. The average molecular weight is 301 g/mol. The van der Waals surface area contributed by atoms with Crippen molar-refractivity contribution in [3.8, 4) is 11.5 Å². The first-order valence-electron chi connectivity index (χ1n) is 5.73. The van der Waals surface area contributed by atoms with E-state index in [2.05, 4.69) is 15.3 Å². The van der Waals surface area contributed by atoms with Gasteiger partial charge in [-0.05, 0) is 6.07 Å². The van der Waals surface area contributed by atoms with Gasteiger partial charge < -0.3 is 25.6 Å². The molecule has 0 atom stereocenters. The van der Waals surface area contributed by atoms with E-state index < -0.39 is 0 Å². The van der Waals surface area contributed by atoms with Crippen molar-refractivity contribution in [1.82, 2.24) is 9.97 Å². The van der Waals surface area contributed by atoms with Gasteiger partial charge in [-0.1, -0.05) is 0 Å². The molecule has 0 saturated heterocycles. The first kappa shape index (κ1) is 16.1. The molecule has 2 aromatic rings. The van der Waals surface area contributed by atoms with Gasteiger partial charge in [-0.15, -0.1) is 12.4 Å². The van der Waals surface area contributed by atoms with Gasteiger partial charge in [0, 0.05) is 18.0 Å². The molecule has 2 rings (SSSR count). The highest BCUT2D eigenvalue weighted by molar-refractivity contribution is 5.91. The second-order valence-electron chi connectivity index (χ2n) is 3.81. The molecule has 1 heterocycles. The number of anilines is 2. The number of ether oxygens (including phenoxy) is 2. The Morgan fingerprint density at radius 3 is 2.45 bits per heavy atom. The Bertz CT molecular complexity index is 594. The SMILES string of the molecule is COc1cc2nc(NCCO)nc(N)c2cc1OC.Cl. The van der Waals surface area contributed by atoms with E-state index in [0.717, 1.165) is 0 Å². The van der Waals surface area contributed by atoms with Gasteiger partial charge in [0.15, 0.2) is 11.5 Å². The van der Waals surface area contributed by atoms with Crippen LogP contribution in [0.1, 0.15) is 0 Å². The molecule has 0 aliphatic heterocycles. The molecule has 0 saturated carbocycles. The fourth-order valence-corrected chi connectivity index (χ4v) is 1.73. The summed E-state index contributed by atoms with van der Waals surface area (Å²) in [7, 11) is 3.11. The number of hydrogen-bond acceptors (Lipinski definition) is 7. The van der Waals surface area contributed by atoms with E-state index in [1.54, 1.807) is 26.4 Å². The number of aliphatic hydroxyl groups excluding tert-OH is 1. The Labute approximate surface area is 122 Å². The summed E-state index contributed by atoms with van der Waals surface area (Å²) in [6.45, 7) is 0.353. The number of nitrogens with zero attached hydrogens (tertiary/aromatic N) is 2. The highest BCUT2D eigenvalue weighted by Gasteiger charge is 2.11. The molecule has 4 N–H and O–H groups in total. The maximum Gasteiger partial charge on any atom is 0.225 e. The Kier molecular flexibility index (Phi) is 5.60. The van der Waals surface area contributed by atoms with Crippen molar-refractivity contribution in [2.45, 2.75) is 0 Å². The number of nitrogens with two attached hydrogens (primary N) is 1. The van der Waals surface area contributed by atoms with Gasteiger partial charge in [-0.3, -0.25) is 0 Å². The second-order valence-corrected chi connectivity index (χ2v) is 3.81. The highest BCUT2D eigenvalue weighted by Crippen LogP contribution is 2.33. The molecule has 110 valence electrons. The van der Waals surface area contributed by atoms with Crippen molar-refractivity contribution in [2.24, 2.45) is 0 Å². The molecule has 0 fully saturated rings. The number of methoxy groups -OCH3 is 2. The quantitative estimate of drug-likeness (QED) is 0.758. The van der Waals surface area contributed by atoms with Gasteiger partial charge in [-0.25, -0.2) is 4.98 Å². The molecule has 1 aromatic carbocycles. The van der Waals surface area contributed by atoms with Crippen molar-refractivity contribution >= 4 is 35.1 Å². The van der Waals surface area contributed by atoms with Crippen LogP contribution in [0.15, 0.2) is 12.1 Å². The summed E-state index contributed by atoms with van der Waals surface area (Å²) in [6.07, 6.45) is 0. The molecule has 0 bridgehead atoms. The van der Waals surface area contributed by atoms with Crippen LogP contribution in [-0.2, 0) is 0 Å². The van der Waals surface area contributed by atoms with Crippen LogP contribution in [0.4, 0.5) is 11.8 Å². The number of benzene rings is 1. The average Bonchev–Trinajstić information content (AvgIpc) is 2.43. The monoisotopic (exact) mass is 300 g/mol. The van der Waals surface area contributed by atoms with Crippen molar-refractivity contribution in [3.05, 3.63) is 12.1 Å². The Morgan fingerprint density at radius 1 is 1.20 bits per heavy atom. The van der Waals surface area contributed by atoms with E-state index in [4.69, 9.17) is 20.3 Å². The molecule has 1 aromatic heterocycles. The number of hydrogen-bond donors (Lipinski definition) is 3. The minimum absolute atomic E-state index is 0. The molecular weight excluding hydrogens is 284 g/mol. The fraction of sp³-hybridized carbons (Fsp3) is 0.333. The third-order valence-electron chi connectivity index (χ3n) is 2.63. The number of aliphatic hydroxyl groups is 1. The molecule has 0 amide bonds. The van der Waals surface area contributed by atoms with Crippen LogP contribution in [0.5, 0.6) is 11.5 Å². The zero-order valence-corrected chi connectivity index (χ0v) is 12.0. The number of rotatable bonds is 5. The Morgan fingerprint density at radius 2 is 1.85 bits per heavy atom. The first-order chi connectivity index (χ1) is 9.19. The summed E-state index contributed by atoms with van der Waals surface area (Å²) in [4.78, 5) is 8.43. The summed E-state index contributed by atoms with van der Waals surface area (Å²) < 4.78 is 10.4. The molecule has 0 unspecified atom stereocenters. The van der Waals surface area contributed by atoms with Gasteiger partial charge in [-0.2, -0.15) is 4.98 Å². The van der Waals surface area contributed by atoms with E-state index in [1.165, 1.54) is 0 Å². The standard InChI is InChI=1S/C12H16N4O3.ClH/c1-18-9-5-7-8(6-10(9)19-2)15-12(14-3-4-17)16-11(7)13;/h5-6,17H,3-4H2,1-2H3,(H3,13,14,15,16);1H. The van der Waals surface area contributed by atoms with Crippen LogP contribution >= 0.6 is 12.4 Å². The molecule has 0 aliphatic rings. The normalized spacial score (nSPS) is 9.95. The lowest BCUT2D eigenvalue weighted by Gasteiger charge is -2.11. The minimum atomic E-state index is -0.00671. The van der Waals surface area contributed by atoms with Crippen LogP contribution in [0.25, 0.3) is 10.9 Å². The summed E-state index contributed by atoms with van der Waals surface area (Å²) in [5.74, 6) is 1.85. The molecule has 8 heteroatoms. The van der Waals surface area contributed by atoms with Gasteiger partial charge >= 0.3 is 0 Å². The maximum atomic E-state index is 8.77. The number of nitrogens with one attached hydrogen (secondary N) is 1. The number of halogens is 1. The van der Waals surface area contributed by atoms with Crippen LogP contribution in [0, 0.1) is 0 Å². The van der Waals surface area contributed by atoms with Crippen molar-refractivity contribution < 1.29 is 14.6 Å². The molecular formula is C12H17ClN4O3. The van der Waals surface area contributed by atoms with Crippen LogP contribution in [-0.4, -0.2) is 42.4 Å². The maximum absolute atomic E-state index is 8.77. The van der Waals surface area contributed by atoms with Gasteiger partial charge in [0.1, 0.15) is 5.82 Å². The van der Waals surface area contributed by atoms with Crippen molar-refractivity contribution in [3.63, 3.8) is 0 Å². The first-order valence-corrected chi connectivity index (χ1v) is 5.73. The van der Waals surface area contributed by atoms with E-state index in [-0.39, 0.29) is 19.0 Å². The van der Waals surface area contributed by atoms with Gasteiger partial charge in [0.2, 0.25) is 5.95 Å². The topological polar surface area (TPSA) is 103 Å². The molecule has 0 aliphatic carbocycles. The summed E-state index contributed by atoms with van der Waals surface area (Å²) in [5, 5.41) is 12.3. The number of nitrogen functional groups attached to an aromatic ring is 1. The van der Waals surface area contributed by atoms with Crippen LogP contribution in [0.3, 0.4) is 0 Å². The van der Waals surface area contributed by atoms with Gasteiger partial charge in [0.25, 0.3) is 0 Å². The lowest BCUT2D eigenvalue weighted by molar-refractivity contribution is 0.311. The molecule has 20 heavy (non-hydrogen) atoms. The van der Waals surface area contributed by atoms with Crippen LogP contribution in [0.2, 0.25) is 0 Å². The lowest BCUT2D eigenvalue weighted by atomic mass is 10.2. The molecule has 0 spiro atoms. The number of fused-ring (bicyclic) bond motifs is 1. The molecule has 0 radical (unpaired) electrons. The van der Waals surface area contributed by atoms with E-state index >= 15 is 0 Å². The van der Waals surface area contributed by atoms with Crippen molar-refractivity contribution in [1.29, 1.82) is 0 Å². The third-order valence-corrected chi connectivity index (χ3v) is 2.63. The van der Waals surface area contributed by atoms with Crippen molar-refractivity contribution in [2.75, 3.05) is 38.4 Å². The molecule has 7 nitrogen and oxygen atoms in total. The predicted octanol–water partition coefficient (Wildman–Crippen LogP) is 1.06. The number of aromatic nitrogens is 2. The highest BCUT2D eigenvalue weighted by atomic mass is 35.5. The Balaban J connectivity index is 0.00000200. The van der Waals surface area contributed by atoms with E-state index in [1.807, 2.05) is 0 Å². The Hall–Kier alpha value is -1.99. The third kappa shape index (κ3) is 3.12. The minimum Gasteiger partial charge on any atom is -0.493 e. The zero-order valence-electron chi connectivity index (χ0n) is 11.2.